The summed E-state index contributed by atoms with van der Waals surface area (Å²) in [7, 11) is 0. The highest BCUT2D eigenvalue weighted by atomic mass is 17.2. The van der Waals surface area contributed by atoms with E-state index in [1.54, 1.807) is 6.08 Å². The summed E-state index contributed by atoms with van der Waals surface area (Å²) in [4.78, 5) is 50.5. The van der Waals surface area contributed by atoms with Gasteiger partial charge in [-0.3, -0.25) is 19.3 Å². The van der Waals surface area contributed by atoms with Crippen molar-refractivity contribution >= 4 is 17.7 Å². The van der Waals surface area contributed by atoms with Gasteiger partial charge in [-0.05, 0) is 32.1 Å². The average Bonchev–Trinajstić information content (AvgIpc) is 3.50. The number of imide groups is 1. The molecule has 0 radical (unpaired) electrons. The fraction of sp³-hybridized carbons (Fsp3) is 0.741. The molecule has 2 aliphatic heterocycles. The molecule has 3 rings (SSSR count). The first-order valence-corrected chi connectivity index (χ1v) is 13.7. The Balaban J connectivity index is 1.09. The SMILES string of the molecule is CCCOOCC1CCCN1C(=O)CCOCCOCCOCCOCCN1C(=O)C2=C(CCC=C2)C1=O. The third kappa shape index (κ3) is 9.55. The first kappa shape index (κ1) is 30.4. The highest BCUT2D eigenvalue weighted by Gasteiger charge is 2.37. The molecule has 1 unspecified atom stereocenters. The summed E-state index contributed by atoms with van der Waals surface area (Å²) in [6, 6.07) is 0.0757. The molecule has 0 aromatic heterocycles. The molecule has 11 nitrogen and oxygen atoms in total. The number of nitrogens with zero attached hydrogens (tertiary/aromatic N) is 2. The van der Waals surface area contributed by atoms with E-state index in [2.05, 4.69) is 0 Å². The van der Waals surface area contributed by atoms with Gasteiger partial charge in [-0.25, -0.2) is 9.78 Å². The Bertz CT molecular complexity index is 829. The smallest absolute Gasteiger partial charge is 0.261 e. The fourth-order valence-corrected chi connectivity index (χ4v) is 4.52. The maximum atomic E-state index is 12.5. The summed E-state index contributed by atoms with van der Waals surface area (Å²) in [6.45, 7) is 7.08. The number of amides is 3. The molecule has 1 saturated heterocycles. The standard InChI is InChI=1S/C27H42N2O9/c1-2-12-37-38-21-22-6-5-10-28(22)25(30)9-13-33-15-17-35-19-20-36-18-16-34-14-11-29-26(31)23-7-3-4-8-24(23)27(29)32/h3,7,22H,2,4-6,8-21H2,1H3. The molecule has 38 heavy (non-hydrogen) atoms. The summed E-state index contributed by atoms with van der Waals surface area (Å²) in [6.07, 6.45) is 8.23. The Hall–Kier alpha value is -2.15. The van der Waals surface area contributed by atoms with Gasteiger partial charge in [0.1, 0.15) is 6.61 Å². The van der Waals surface area contributed by atoms with E-state index < -0.39 is 0 Å². The molecule has 1 aliphatic carbocycles. The van der Waals surface area contributed by atoms with E-state index in [0.29, 0.717) is 83.4 Å². The van der Waals surface area contributed by atoms with Crippen molar-refractivity contribution in [1.29, 1.82) is 0 Å². The van der Waals surface area contributed by atoms with Gasteiger partial charge in [-0.15, -0.1) is 0 Å². The Labute approximate surface area is 224 Å². The van der Waals surface area contributed by atoms with E-state index in [4.69, 9.17) is 28.7 Å². The van der Waals surface area contributed by atoms with E-state index >= 15 is 0 Å². The van der Waals surface area contributed by atoms with E-state index in [1.165, 1.54) is 4.90 Å². The molecule has 0 bridgehead atoms. The molecule has 0 aromatic rings. The summed E-state index contributed by atoms with van der Waals surface area (Å²) in [5.41, 5.74) is 1.15. The first-order chi connectivity index (χ1) is 18.6. The van der Waals surface area contributed by atoms with Crippen LogP contribution in [0.1, 0.15) is 45.4 Å². The van der Waals surface area contributed by atoms with Crippen molar-refractivity contribution in [1.82, 2.24) is 9.80 Å². The van der Waals surface area contributed by atoms with Gasteiger partial charge in [0, 0.05) is 17.7 Å². The molecule has 214 valence electrons. The van der Waals surface area contributed by atoms with Crippen LogP contribution < -0.4 is 0 Å². The summed E-state index contributed by atoms with van der Waals surface area (Å²) in [5, 5.41) is 0. The number of likely N-dealkylation sites (tertiary alicyclic amines) is 1. The highest BCUT2D eigenvalue weighted by Crippen LogP contribution is 2.28. The van der Waals surface area contributed by atoms with Crippen LogP contribution in [0.25, 0.3) is 0 Å². The largest absolute Gasteiger partial charge is 0.379 e. The van der Waals surface area contributed by atoms with Gasteiger partial charge in [-0.1, -0.05) is 19.1 Å². The fourth-order valence-electron chi connectivity index (χ4n) is 4.52. The molecular weight excluding hydrogens is 496 g/mol. The molecule has 0 spiro atoms. The molecule has 1 fully saturated rings. The van der Waals surface area contributed by atoms with Crippen molar-refractivity contribution in [3.8, 4) is 0 Å². The zero-order valence-electron chi connectivity index (χ0n) is 22.5. The topological polar surface area (TPSA) is 113 Å². The minimum Gasteiger partial charge on any atom is -0.379 e. The molecule has 3 amide bonds. The van der Waals surface area contributed by atoms with E-state index in [0.717, 1.165) is 32.2 Å². The summed E-state index contributed by atoms with van der Waals surface area (Å²) in [5.74, 6) is -0.344. The van der Waals surface area contributed by atoms with Gasteiger partial charge in [0.15, 0.2) is 0 Å². The molecular formula is C27H42N2O9. The van der Waals surface area contributed by atoms with Crippen LogP contribution in [0.4, 0.5) is 0 Å². The minimum absolute atomic E-state index is 0.0757. The van der Waals surface area contributed by atoms with Crippen LogP contribution >= 0.6 is 0 Å². The second-order valence-electron chi connectivity index (χ2n) is 9.28. The Kier molecular flexibility index (Phi) is 13.9. The van der Waals surface area contributed by atoms with Crippen molar-refractivity contribution in [2.45, 2.75) is 51.5 Å². The lowest BCUT2D eigenvalue weighted by Crippen LogP contribution is -2.38. The van der Waals surface area contributed by atoms with Gasteiger partial charge in [0.25, 0.3) is 11.8 Å². The molecule has 0 saturated carbocycles. The zero-order valence-corrected chi connectivity index (χ0v) is 22.5. The molecule has 2 heterocycles. The number of hydrogen-bond donors (Lipinski definition) is 0. The number of rotatable bonds is 20. The Morgan fingerprint density at radius 3 is 2.26 bits per heavy atom. The van der Waals surface area contributed by atoms with Crippen LogP contribution in [-0.4, -0.2) is 113 Å². The van der Waals surface area contributed by atoms with E-state index in [-0.39, 0.29) is 36.9 Å². The molecule has 1 atom stereocenters. The second-order valence-corrected chi connectivity index (χ2v) is 9.28. The minimum atomic E-state index is -0.229. The maximum absolute atomic E-state index is 12.5. The van der Waals surface area contributed by atoms with Crippen molar-refractivity contribution in [3.63, 3.8) is 0 Å². The average molecular weight is 539 g/mol. The van der Waals surface area contributed by atoms with Gasteiger partial charge in [0.05, 0.1) is 78.5 Å². The van der Waals surface area contributed by atoms with Crippen LogP contribution in [0.5, 0.6) is 0 Å². The monoisotopic (exact) mass is 538 g/mol. The number of hydrogen-bond acceptors (Lipinski definition) is 9. The first-order valence-electron chi connectivity index (χ1n) is 13.7. The van der Waals surface area contributed by atoms with Crippen molar-refractivity contribution < 1.29 is 43.1 Å². The third-order valence-corrected chi connectivity index (χ3v) is 6.51. The molecule has 3 aliphatic rings. The highest BCUT2D eigenvalue weighted by molar-refractivity contribution is 6.20. The van der Waals surface area contributed by atoms with Gasteiger partial charge in [0.2, 0.25) is 5.91 Å². The lowest BCUT2D eigenvalue weighted by Gasteiger charge is -2.24. The van der Waals surface area contributed by atoms with Crippen LogP contribution in [0.2, 0.25) is 0 Å². The maximum Gasteiger partial charge on any atom is 0.261 e. The van der Waals surface area contributed by atoms with Crippen LogP contribution in [0.15, 0.2) is 23.3 Å². The predicted octanol–water partition coefficient (Wildman–Crippen LogP) is 1.81. The summed E-state index contributed by atoms with van der Waals surface area (Å²) < 4.78 is 22.0. The Morgan fingerprint density at radius 2 is 1.58 bits per heavy atom. The lowest BCUT2D eigenvalue weighted by atomic mass is 10.00. The van der Waals surface area contributed by atoms with Gasteiger partial charge < -0.3 is 23.8 Å². The van der Waals surface area contributed by atoms with Crippen LogP contribution in [0, 0.1) is 0 Å². The third-order valence-electron chi connectivity index (χ3n) is 6.51. The van der Waals surface area contributed by atoms with Crippen LogP contribution in [-0.2, 0) is 43.1 Å². The van der Waals surface area contributed by atoms with Crippen molar-refractivity contribution in [2.24, 2.45) is 0 Å². The second kappa shape index (κ2) is 17.4. The number of carbonyl (C=O) groups excluding carboxylic acids is 3. The molecule has 0 N–H and O–H groups in total. The van der Waals surface area contributed by atoms with Crippen molar-refractivity contribution in [3.05, 3.63) is 23.3 Å². The quantitative estimate of drug-likeness (QED) is 0.0991. The van der Waals surface area contributed by atoms with Gasteiger partial charge in [-0.2, -0.15) is 0 Å². The predicted molar refractivity (Wildman–Crippen MR) is 137 cm³/mol. The normalized spacial score (nSPS) is 19.2. The lowest BCUT2D eigenvalue weighted by molar-refractivity contribution is -0.299. The Morgan fingerprint density at radius 1 is 0.895 bits per heavy atom. The number of ether oxygens (including phenoxy) is 4. The molecule has 0 aromatic carbocycles. The van der Waals surface area contributed by atoms with Crippen LogP contribution in [0.3, 0.4) is 0 Å². The molecule has 11 heteroatoms. The number of carbonyl (C=O) groups is 3. The van der Waals surface area contributed by atoms with Gasteiger partial charge >= 0.3 is 0 Å². The van der Waals surface area contributed by atoms with E-state index in [9.17, 15) is 14.4 Å². The zero-order chi connectivity index (χ0) is 27.0. The number of allylic oxidation sites excluding steroid dienone is 1. The van der Waals surface area contributed by atoms with Crippen molar-refractivity contribution in [2.75, 3.05) is 79.2 Å². The van der Waals surface area contributed by atoms with E-state index in [1.807, 2.05) is 17.9 Å². The summed E-state index contributed by atoms with van der Waals surface area (Å²) >= 11 is 0.